The number of unbranched alkanes of at least 4 members (excludes halogenated alkanes) is 1. The standard InChI is InChI=1S/C12H21N3O/c1-3-4-6-13-12-14-10(2)8-15(12)11-5-7-16-9-11/h8,11H,3-7,9H2,1-2H3,(H,13,14). The molecular formula is C12H21N3O. The van der Waals surface area contributed by atoms with Gasteiger partial charge in [-0.15, -0.1) is 0 Å². The lowest BCUT2D eigenvalue weighted by atomic mass is 10.2. The second kappa shape index (κ2) is 5.34. The molecule has 2 rings (SSSR count). The van der Waals surface area contributed by atoms with E-state index in [0.717, 1.165) is 37.8 Å². The summed E-state index contributed by atoms with van der Waals surface area (Å²) in [5, 5.41) is 3.41. The van der Waals surface area contributed by atoms with Gasteiger partial charge in [0, 0.05) is 19.3 Å². The van der Waals surface area contributed by atoms with Crippen LogP contribution in [0.2, 0.25) is 0 Å². The van der Waals surface area contributed by atoms with Gasteiger partial charge in [-0.2, -0.15) is 0 Å². The lowest BCUT2D eigenvalue weighted by molar-refractivity contribution is 0.187. The lowest BCUT2D eigenvalue weighted by Crippen LogP contribution is -2.13. The second-order valence-corrected chi connectivity index (χ2v) is 4.41. The van der Waals surface area contributed by atoms with E-state index in [2.05, 4.69) is 28.0 Å². The van der Waals surface area contributed by atoms with Gasteiger partial charge in [0.1, 0.15) is 0 Å². The van der Waals surface area contributed by atoms with Crippen molar-refractivity contribution in [2.75, 3.05) is 25.1 Å². The Balaban J connectivity index is 2.04. The van der Waals surface area contributed by atoms with Crippen molar-refractivity contribution in [3.05, 3.63) is 11.9 Å². The number of aryl methyl sites for hydroxylation is 1. The third-order valence-corrected chi connectivity index (χ3v) is 2.97. The van der Waals surface area contributed by atoms with Gasteiger partial charge in [-0.3, -0.25) is 0 Å². The number of hydrogen-bond donors (Lipinski definition) is 1. The van der Waals surface area contributed by atoms with Crippen molar-refractivity contribution in [3.8, 4) is 0 Å². The third kappa shape index (κ3) is 2.55. The number of nitrogens with one attached hydrogen (secondary N) is 1. The summed E-state index contributed by atoms with van der Waals surface area (Å²) in [4.78, 5) is 4.52. The van der Waals surface area contributed by atoms with Crippen molar-refractivity contribution in [1.29, 1.82) is 0 Å². The van der Waals surface area contributed by atoms with Crippen molar-refractivity contribution in [2.45, 2.75) is 39.2 Å². The van der Waals surface area contributed by atoms with Crippen molar-refractivity contribution >= 4 is 5.95 Å². The fourth-order valence-electron chi connectivity index (χ4n) is 2.04. The Hall–Kier alpha value is -1.03. The molecule has 0 saturated carbocycles. The zero-order chi connectivity index (χ0) is 11.4. The van der Waals surface area contributed by atoms with Gasteiger partial charge in [-0.1, -0.05) is 13.3 Å². The van der Waals surface area contributed by atoms with Crippen LogP contribution in [0.3, 0.4) is 0 Å². The Morgan fingerprint density at radius 2 is 2.50 bits per heavy atom. The van der Waals surface area contributed by atoms with Gasteiger partial charge >= 0.3 is 0 Å². The van der Waals surface area contributed by atoms with Gasteiger partial charge in [0.25, 0.3) is 0 Å². The summed E-state index contributed by atoms with van der Waals surface area (Å²) < 4.78 is 7.66. The van der Waals surface area contributed by atoms with Crippen LogP contribution in [0.1, 0.15) is 37.9 Å². The molecule has 0 amide bonds. The predicted molar refractivity (Wildman–Crippen MR) is 64.8 cm³/mol. The molecule has 1 atom stereocenters. The molecule has 0 spiro atoms. The Morgan fingerprint density at radius 3 is 3.19 bits per heavy atom. The largest absolute Gasteiger partial charge is 0.379 e. The summed E-state index contributed by atoms with van der Waals surface area (Å²) in [5.41, 5.74) is 1.07. The molecule has 4 heteroatoms. The summed E-state index contributed by atoms with van der Waals surface area (Å²) >= 11 is 0. The molecule has 1 aromatic rings. The topological polar surface area (TPSA) is 39.1 Å². The van der Waals surface area contributed by atoms with Gasteiger partial charge in [0.2, 0.25) is 5.95 Å². The molecule has 1 unspecified atom stereocenters. The molecule has 0 radical (unpaired) electrons. The highest BCUT2D eigenvalue weighted by Crippen LogP contribution is 2.23. The van der Waals surface area contributed by atoms with E-state index >= 15 is 0 Å². The van der Waals surface area contributed by atoms with E-state index in [1.165, 1.54) is 12.8 Å². The molecule has 16 heavy (non-hydrogen) atoms. The minimum Gasteiger partial charge on any atom is -0.379 e. The molecule has 0 bridgehead atoms. The van der Waals surface area contributed by atoms with E-state index < -0.39 is 0 Å². The van der Waals surface area contributed by atoms with E-state index in [4.69, 9.17) is 4.74 Å². The Morgan fingerprint density at radius 1 is 1.62 bits per heavy atom. The maximum Gasteiger partial charge on any atom is 0.203 e. The normalized spacial score (nSPS) is 20.2. The molecule has 1 aromatic heterocycles. The molecule has 90 valence electrons. The number of nitrogens with zero attached hydrogens (tertiary/aromatic N) is 2. The van der Waals surface area contributed by atoms with Crippen molar-refractivity contribution in [1.82, 2.24) is 9.55 Å². The molecule has 0 aromatic carbocycles. The molecular weight excluding hydrogens is 202 g/mol. The SMILES string of the molecule is CCCCNc1nc(C)cn1C1CCOC1. The average molecular weight is 223 g/mol. The fraction of sp³-hybridized carbons (Fsp3) is 0.750. The fourth-order valence-corrected chi connectivity index (χ4v) is 2.04. The van der Waals surface area contributed by atoms with Crippen LogP contribution in [-0.2, 0) is 4.74 Å². The number of rotatable bonds is 5. The van der Waals surface area contributed by atoms with Crippen LogP contribution in [0, 0.1) is 6.92 Å². The third-order valence-electron chi connectivity index (χ3n) is 2.97. The molecule has 2 heterocycles. The monoisotopic (exact) mass is 223 g/mol. The van der Waals surface area contributed by atoms with Crippen LogP contribution in [0.4, 0.5) is 5.95 Å². The van der Waals surface area contributed by atoms with E-state index in [1.807, 2.05) is 6.92 Å². The van der Waals surface area contributed by atoms with E-state index in [-0.39, 0.29) is 0 Å². The Bertz CT molecular complexity index is 329. The number of anilines is 1. The molecule has 1 saturated heterocycles. The molecule has 1 fully saturated rings. The number of imidazole rings is 1. The van der Waals surface area contributed by atoms with Crippen LogP contribution in [0.15, 0.2) is 6.20 Å². The first-order chi connectivity index (χ1) is 7.81. The minimum absolute atomic E-state index is 0.463. The summed E-state index contributed by atoms with van der Waals surface area (Å²) in [6.45, 7) is 6.93. The van der Waals surface area contributed by atoms with Crippen LogP contribution in [-0.4, -0.2) is 29.3 Å². The first-order valence-corrected chi connectivity index (χ1v) is 6.18. The van der Waals surface area contributed by atoms with E-state index in [1.54, 1.807) is 0 Å². The van der Waals surface area contributed by atoms with Crippen LogP contribution in [0.5, 0.6) is 0 Å². The maximum atomic E-state index is 5.43. The van der Waals surface area contributed by atoms with Crippen LogP contribution in [0.25, 0.3) is 0 Å². The van der Waals surface area contributed by atoms with Crippen LogP contribution < -0.4 is 5.32 Å². The van der Waals surface area contributed by atoms with Gasteiger partial charge in [0.05, 0.1) is 18.3 Å². The first kappa shape index (κ1) is 11.5. The highest BCUT2D eigenvalue weighted by atomic mass is 16.5. The number of aromatic nitrogens is 2. The van der Waals surface area contributed by atoms with Crippen molar-refractivity contribution < 1.29 is 4.74 Å². The molecule has 1 N–H and O–H groups in total. The zero-order valence-electron chi connectivity index (χ0n) is 10.2. The Kier molecular flexibility index (Phi) is 3.83. The smallest absolute Gasteiger partial charge is 0.203 e. The maximum absolute atomic E-state index is 5.43. The second-order valence-electron chi connectivity index (χ2n) is 4.41. The van der Waals surface area contributed by atoms with Crippen molar-refractivity contribution in [2.24, 2.45) is 0 Å². The minimum atomic E-state index is 0.463. The van der Waals surface area contributed by atoms with Crippen molar-refractivity contribution in [3.63, 3.8) is 0 Å². The van der Waals surface area contributed by atoms with Gasteiger partial charge < -0.3 is 14.6 Å². The molecule has 1 aliphatic heterocycles. The van der Waals surface area contributed by atoms with Gasteiger partial charge in [0.15, 0.2) is 0 Å². The molecule has 0 aliphatic carbocycles. The van der Waals surface area contributed by atoms with Crippen LogP contribution >= 0.6 is 0 Å². The summed E-state index contributed by atoms with van der Waals surface area (Å²) in [7, 11) is 0. The predicted octanol–water partition coefficient (Wildman–Crippen LogP) is 2.36. The molecule has 1 aliphatic rings. The number of ether oxygens (including phenoxy) is 1. The number of hydrogen-bond acceptors (Lipinski definition) is 3. The highest BCUT2D eigenvalue weighted by molar-refractivity contribution is 5.29. The highest BCUT2D eigenvalue weighted by Gasteiger charge is 2.20. The molecule has 4 nitrogen and oxygen atoms in total. The summed E-state index contributed by atoms with van der Waals surface area (Å²) in [6.07, 6.45) is 5.61. The zero-order valence-corrected chi connectivity index (χ0v) is 10.2. The first-order valence-electron chi connectivity index (χ1n) is 6.18. The van der Waals surface area contributed by atoms with Gasteiger partial charge in [-0.05, 0) is 19.8 Å². The van der Waals surface area contributed by atoms with Gasteiger partial charge in [-0.25, -0.2) is 4.98 Å². The van der Waals surface area contributed by atoms with E-state index in [9.17, 15) is 0 Å². The van der Waals surface area contributed by atoms with E-state index in [0.29, 0.717) is 6.04 Å². The summed E-state index contributed by atoms with van der Waals surface area (Å²) in [5.74, 6) is 1.00. The lowest BCUT2D eigenvalue weighted by Gasteiger charge is -2.14. The quantitative estimate of drug-likeness (QED) is 0.779. The Labute approximate surface area is 97.0 Å². The summed E-state index contributed by atoms with van der Waals surface area (Å²) in [6, 6.07) is 0.463. The average Bonchev–Trinajstić information content (AvgIpc) is 2.87.